The summed E-state index contributed by atoms with van der Waals surface area (Å²) in [5.41, 5.74) is 2.81. The molecule has 5 N–H and O–H groups in total. The number of aliphatic hydroxyl groups excluding tert-OH is 1. The normalized spacial score (nSPS) is 12.8. The maximum Gasteiger partial charge on any atom is 0.351 e. The van der Waals surface area contributed by atoms with Gasteiger partial charge < -0.3 is 20.6 Å². The Bertz CT molecular complexity index is 941. The van der Waals surface area contributed by atoms with Crippen LogP contribution in [0.15, 0.2) is 30.3 Å². The molecule has 0 bridgehead atoms. The van der Waals surface area contributed by atoms with Gasteiger partial charge in [-0.3, -0.25) is 9.28 Å². The number of halogens is 3. The summed E-state index contributed by atoms with van der Waals surface area (Å²) in [4.78, 5) is 22.2. The number of nitrogens with one attached hydrogen (secondary N) is 2. The summed E-state index contributed by atoms with van der Waals surface area (Å²) >= 11 is 0. The van der Waals surface area contributed by atoms with Crippen molar-refractivity contribution in [1.82, 2.24) is 0 Å². The number of aliphatic hydroxyl groups is 1. The molecule has 0 amide bonds. The van der Waals surface area contributed by atoms with E-state index in [0.717, 1.165) is 11.6 Å². The Hall–Kier alpha value is -3.02. The van der Waals surface area contributed by atoms with Crippen molar-refractivity contribution >= 4 is 23.0 Å². The van der Waals surface area contributed by atoms with Crippen LogP contribution < -0.4 is 15.5 Å². The van der Waals surface area contributed by atoms with E-state index in [0.29, 0.717) is 32.1 Å². The largest absolute Gasteiger partial charge is 0.494 e. The predicted molar refractivity (Wildman–Crippen MR) is 144 cm³/mol. The second-order valence-corrected chi connectivity index (χ2v) is 7.94. The fourth-order valence-corrected chi connectivity index (χ4v) is 3.33. The quantitative estimate of drug-likeness (QED) is 0.231. The van der Waals surface area contributed by atoms with Crippen LogP contribution >= 0.6 is 0 Å². The molecule has 0 radical (unpaired) electrons. The molecule has 1 saturated carbocycles. The summed E-state index contributed by atoms with van der Waals surface area (Å²) < 4.78 is 43.3. The number of hydrogen-bond donors (Lipinski definition) is 3. The van der Waals surface area contributed by atoms with Gasteiger partial charge in [0.1, 0.15) is 17.1 Å². The minimum Gasteiger partial charge on any atom is -0.494 e. The van der Waals surface area contributed by atoms with Crippen molar-refractivity contribution in [2.45, 2.75) is 60.8 Å². The van der Waals surface area contributed by atoms with Crippen LogP contribution in [0.5, 0.6) is 5.75 Å². The van der Waals surface area contributed by atoms with Crippen LogP contribution in [0.3, 0.4) is 0 Å². The smallest absolute Gasteiger partial charge is 0.351 e. The molecule has 8 nitrogen and oxygen atoms in total. The van der Waals surface area contributed by atoms with E-state index in [-0.39, 0.29) is 35.1 Å². The summed E-state index contributed by atoms with van der Waals surface area (Å²) in [5.74, 6) is -2.98. The van der Waals surface area contributed by atoms with E-state index in [4.69, 9.17) is 14.6 Å². The molecular weight excluding hydrogens is 505 g/mol. The van der Waals surface area contributed by atoms with Gasteiger partial charge in [0.15, 0.2) is 11.6 Å². The molecule has 1 fully saturated rings. The number of carbonyl (C=O) groups is 1. The van der Waals surface area contributed by atoms with E-state index in [1.807, 2.05) is 53.7 Å². The minimum absolute atomic E-state index is 0. The number of ether oxygens (including phenoxy) is 1. The Kier molecular flexibility index (Phi) is 18.7. The second-order valence-electron chi connectivity index (χ2n) is 7.94. The molecule has 3 rings (SSSR count). The molecule has 0 saturated heterocycles. The maximum atomic E-state index is 14.6. The molecule has 38 heavy (non-hydrogen) atoms. The number of anilines is 3. The zero-order valence-electron chi connectivity index (χ0n) is 23.5. The van der Waals surface area contributed by atoms with Crippen LogP contribution in [0.1, 0.15) is 59.4 Å². The zero-order valence-corrected chi connectivity index (χ0v) is 23.5. The molecular formula is C27H43F3N2O6. The van der Waals surface area contributed by atoms with Crippen molar-refractivity contribution in [2.75, 3.05) is 31.7 Å². The summed E-state index contributed by atoms with van der Waals surface area (Å²) in [6.07, 6.45) is 1.74. The lowest BCUT2D eigenvalue weighted by atomic mass is 9.94. The average molecular weight is 549 g/mol. The van der Waals surface area contributed by atoms with E-state index < -0.39 is 23.0 Å². The van der Waals surface area contributed by atoms with Crippen molar-refractivity contribution in [1.29, 1.82) is 0 Å². The van der Waals surface area contributed by atoms with E-state index in [1.165, 1.54) is 7.11 Å². The van der Waals surface area contributed by atoms with Gasteiger partial charge in [0.2, 0.25) is 0 Å². The van der Waals surface area contributed by atoms with Gasteiger partial charge in [0, 0.05) is 18.4 Å². The van der Waals surface area contributed by atoms with Crippen LogP contribution in [-0.4, -0.2) is 37.4 Å². The molecule has 2 aromatic rings. The molecule has 2 aromatic carbocycles. The Morgan fingerprint density at radius 3 is 2.11 bits per heavy atom. The standard InChI is InChI=1S/C22H26F2N2O5.2C2H6.CH3F.H2O/c1-13-4-6-15(7-5-13)25-20-18(24)16(23)10-17(29-3)19(20)26-31-30-21(28)22(8-9-22)11-14(2)12-27;3*1-2;/h4-7,10,14,25-27H,8-9,11-12H2,1-3H3;2*1-2H3;1H3;1H2. The van der Waals surface area contributed by atoms with Crippen molar-refractivity contribution in [3.8, 4) is 5.75 Å². The van der Waals surface area contributed by atoms with Crippen molar-refractivity contribution in [3.05, 3.63) is 47.5 Å². The summed E-state index contributed by atoms with van der Waals surface area (Å²) in [6, 6.07) is 7.88. The third kappa shape index (κ3) is 10.4. The van der Waals surface area contributed by atoms with Gasteiger partial charge in [0.25, 0.3) is 0 Å². The molecule has 1 atom stereocenters. The van der Waals surface area contributed by atoms with Crippen molar-refractivity contribution in [2.24, 2.45) is 11.3 Å². The van der Waals surface area contributed by atoms with Crippen molar-refractivity contribution in [3.63, 3.8) is 0 Å². The molecule has 11 heteroatoms. The second kappa shape index (κ2) is 19.1. The topological polar surface area (TPSA) is 121 Å². The van der Waals surface area contributed by atoms with Gasteiger partial charge >= 0.3 is 5.97 Å². The first-order valence-corrected chi connectivity index (χ1v) is 12.3. The van der Waals surface area contributed by atoms with Gasteiger partial charge in [0.05, 0.1) is 19.7 Å². The Morgan fingerprint density at radius 2 is 1.63 bits per heavy atom. The number of carbonyl (C=O) groups excluding carboxylic acids is 1. The Labute approximate surface area is 223 Å². The number of aryl methyl sites for hydroxylation is 1. The first kappa shape index (κ1) is 37.1. The molecule has 218 valence electrons. The highest BCUT2D eigenvalue weighted by atomic mass is 19.2. The lowest BCUT2D eigenvalue weighted by Crippen LogP contribution is -2.24. The molecule has 1 unspecified atom stereocenters. The predicted octanol–water partition coefficient (Wildman–Crippen LogP) is 6.44. The lowest BCUT2D eigenvalue weighted by molar-refractivity contribution is -0.261. The Morgan fingerprint density at radius 1 is 1.08 bits per heavy atom. The van der Waals surface area contributed by atoms with E-state index >= 15 is 0 Å². The lowest BCUT2D eigenvalue weighted by Gasteiger charge is -2.19. The van der Waals surface area contributed by atoms with Gasteiger partial charge in [-0.25, -0.2) is 19.1 Å². The fourth-order valence-electron chi connectivity index (χ4n) is 3.33. The average Bonchev–Trinajstić information content (AvgIpc) is 3.72. The number of benzene rings is 2. The third-order valence-corrected chi connectivity index (χ3v) is 5.32. The highest BCUT2D eigenvalue weighted by Gasteiger charge is 2.52. The maximum absolute atomic E-state index is 14.6. The van der Waals surface area contributed by atoms with E-state index in [1.54, 1.807) is 12.1 Å². The SMILES string of the molecule is CC.CC.CF.COc1cc(F)c(F)c(Nc2ccc(C)cc2)c1NOOC(=O)C1(CC(C)CO)CC1.O. The molecule has 0 aromatic heterocycles. The van der Waals surface area contributed by atoms with Gasteiger partial charge in [-0.1, -0.05) is 57.3 Å². The van der Waals surface area contributed by atoms with Gasteiger partial charge in [-0.15, -0.1) is 0 Å². The number of alkyl halides is 1. The molecule has 0 heterocycles. The molecule has 0 aliphatic heterocycles. The van der Waals surface area contributed by atoms with Gasteiger partial charge in [-0.2, -0.15) is 0 Å². The Balaban J connectivity index is 0. The van der Waals surface area contributed by atoms with E-state index in [9.17, 15) is 23.1 Å². The highest BCUT2D eigenvalue weighted by molar-refractivity contribution is 5.81. The fraction of sp³-hybridized carbons (Fsp3) is 0.519. The molecule has 1 aliphatic carbocycles. The third-order valence-electron chi connectivity index (χ3n) is 5.32. The minimum atomic E-state index is -1.16. The van der Waals surface area contributed by atoms with Gasteiger partial charge in [-0.05, 0) is 44.2 Å². The highest BCUT2D eigenvalue weighted by Crippen LogP contribution is 2.51. The monoisotopic (exact) mass is 548 g/mol. The zero-order chi connectivity index (χ0) is 28.6. The summed E-state index contributed by atoms with van der Waals surface area (Å²) in [6.45, 7) is 11.7. The number of methoxy groups -OCH3 is 1. The first-order valence-electron chi connectivity index (χ1n) is 12.3. The first-order chi connectivity index (χ1) is 17.8. The van der Waals surface area contributed by atoms with Crippen LogP contribution in [-0.2, 0) is 14.7 Å². The number of hydrogen-bond acceptors (Lipinski definition) is 7. The number of rotatable bonds is 10. The molecule has 1 aliphatic rings. The summed E-state index contributed by atoms with van der Waals surface area (Å²) in [5, 5.41) is 12.0. The van der Waals surface area contributed by atoms with Crippen LogP contribution in [0.25, 0.3) is 0 Å². The van der Waals surface area contributed by atoms with Crippen LogP contribution in [0.4, 0.5) is 30.2 Å². The van der Waals surface area contributed by atoms with E-state index in [2.05, 4.69) is 10.8 Å². The van der Waals surface area contributed by atoms with Crippen LogP contribution in [0.2, 0.25) is 0 Å². The van der Waals surface area contributed by atoms with Crippen LogP contribution in [0, 0.1) is 29.9 Å². The summed E-state index contributed by atoms with van der Waals surface area (Å²) in [7, 11) is 1.79. The van der Waals surface area contributed by atoms with Crippen molar-refractivity contribution < 1.29 is 43.2 Å². The molecule has 0 spiro atoms.